The Balaban J connectivity index is 1.39. The summed E-state index contributed by atoms with van der Waals surface area (Å²) < 4.78 is 63.4. The Bertz CT molecular complexity index is 1540. The number of hydrogen-bond donors (Lipinski definition) is 1. The van der Waals surface area contributed by atoms with Crippen LogP contribution >= 0.6 is 0 Å². The number of amides is 1. The van der Waals surface area contributed by atoms with Gasteiger partial charge in [-0.2, -0.15) is 13.2 Å². The second kappa shape index (κ2) is 12.1. The van der Waals surface area contributed by atoms with Gasteiger partial charge >= 0.3 is 12.1 Å². The van der Waals surface area contributed by atoms with Crippen molar-refractivity contribution in [3.8, 4) is 16.9 Å². The number of carbonyl (C=O) groups is 2. The molecule has 2 aliphatic rings. The number of piperidine rings is 1. The van der Waals surface area contributed by atoms with Gasteiger partial charge in [-0.3, -0.25) is 9.69 Å². The van der Waals surface area contributed by atoms with Gasteiger partial charge in [0.15, 0.2) is 0 Å². The molecule has 10 heteroatoms. The summed E-state index contributed by atoms with van der Waals surface area (Å²) in [6.07, 6.45) is -3.66. The number of benzene rings is 3. The van der Waals surface area contributed by atoms with E-state index in [1.54, 1.807) is 36.3 Å². The molecule has 0 aromatic heterocycles. The summed E-state index contributed by atoms with van der Waals surface area (Å²) in [6.45, 7) is 6.85. The number of aromatic carboxylic acids is 1. The van der Waals surface area contributed by atoms with Crippen LogP contribution < -0.4 is 4.74 Å². The first-order chi connectivity index (χ1) is 21.1. The van der Waals surface area contributed by atoms with Crippen LogP contribution in [0.4, 0.5) is 17.6 Å². The summed E-state index contributed by atoms with van der Waals surface area (Å²) in [5.41, 5.74) is -1.04. The van der Waals surface area contributed by atoms with Crippen LogP contribution in [0, 0.1) is 0 Å². The van der Waals surface area contributed by atoms with Crippen molar-refractivity contribution in [2.45, 2.75) is 62.8 Å². The zero-order valence-corrected chi connectivity index (χ0v) is 25.8. The second-order valence-electron chi connectivity index (χ2n) is 13.0. The smallest absolute Gasteiger partial charge is 0.416 e. The third-order valence-electron chi connectivity index (χ3n) is 9.24. The molecule has 2 fully saturated rings. The number of likely N-dealkylation sites (tertiary alicyclic amines) is 2. The normalized spacial score (nSPS) is 21.6. The van der Waals surface area contributed by atoms with Gasteiger partial charge in [0.1, 0.15) is 5.75 Å². The summed E-state index contributed by atoms with van der Waals surface area (Å²) in [7, 11) is 1.56. The molecule has 0 saturated carbocycles. The Morgan fingerprint density at radius 2 is 1.56 bits per heavy atom. The number of ether oxygens (including phenoxy) is 1. The molecule has 0 spiro atoms. The molecule has 1 N–H and O–H groups in total. The van der Waals surface area contributed by atoms with E-state index in [1.807, 2.05) is 25.7 Å². The molecule has 0 unspecified atom stereocenters. The van der Waals surface area contributed by atoms with Crippen LogP contribution in [0.2, 0.25) is 0 Å². The van der Waals surface area contributed by atoms with E-state index < -0.39 is 35.2 Å². The van der Waals surface area contributed by atoms with Crippen LogP contribution in [0.25, 0.3) is 11.1 Å². The van der Waals surface area contributed by atoms with Gasteiger partial charge in [0.2, 0.25) is 5.67 Å². The molecule has 2 aliphatic heterocycles. The van der Waals surface area contributed by atoms with Crippen LogP contribution in [0.1, 0.15) is 72.5 Å². The summed E-state index contributed by atoms with van der Waals surface area (Å²) in [6, 6.07) is 16.5. The first-order valence-electron chi connectivity index (χ1n) is 15.0. The molecule has 240 valence electrons. The van der Waals surface area contributed by atoms with Gasteiger partial charge in [0, 0.05) is 37.6 Å². The molecule has 2 saturated heterocycles. The predicted molar refractivity (Wildman–Crippen MR) is 163 cm³/mol. The fourth-order valence-electron chi connectivity index (χ4n) is 6.54. The van der Waals surface area contributed by atoms with E-state index in [9.17, 15) is 27.9 Å². The number of carboxylic acid groups (broad SMARTS) is 1. The second-order valence-corrected chi connectivity index (χ2v) is 13.0. The van der Waals surface area contributed by atoms with Gasteiger partial charge in [-0.1, -0.05) is 30.3 Å². The highest BCUT2D eigenvalue weighted by Crippen LogP contribution is 2.45. The van der Waals surface area contributed by atoms with E-state index in [1.165, 1.54) is 30.3 Å². The van der Waals surface area contributed by atoms with Crippen LogP contribution in [-0.4, -0.2) is 71.3 Å². The van der Waals surface area contributed by atoms with Crippen LogP contribution in [0.15, 0.2) is 66.7 Å². The standard InChI is InChI=1S/C35H38F4N2O4/c1-33(2,3)41-20-30(24-9-12-27(45-4)13-10-24)34(36,21-41)32(44)40-17-15-23(16-18-40)28-14-11-26(35(37,38)39)19-29(28)22-5-7-25(8-6-22)31(42)43/h5-14,19,23,30H,15-18,20-21H2,1-4H3,(H,42,43)/t30-,34-/m0/s1. The number of carbonyl (C=O) groups excluding carboxylic acids is 1. The van der Waals surface area contributed by atoms with Crippen LogP contribution in [0.5, 0.6) is 5.75 Å². The molecule has 6 nitrogen and oxygen atoms in total. The fourth-order valence-corrected chi connectivity index (χ4v) is 6.54. The van der Waals surface area contributed by atoms with Crippen LogP contribution in [-0.2, 0) is 11.0 Å². The molecule has 45 heavy (non-hydrogen) atoms. The average Bonchev–Trinajstić information content (AvgIpc) is 3.39. The monoisotopic (exact) mass is 626 g/mol. The Labute approximate surface area is 260 Å². The maximum atomic E-state index is 17.1. The third-order valence-corrected chi connectivity index (χ3v) is 9.24. The minimum Gasteiger partial charge on any atom is -0.497 e. The lowest BCUT2D eigenvalue weighted by Crippen LogP contribution is -2.53. The SMILES string of the molecule is COc1ccc([C@@H]2CN(C(C)(C)C)C[C@@]2(F)C(=O)N2CCC(c3ccc(C(F)(F)F)cc3-c3ccc(C(=O)O)cc3)CC2)cc1. The summed E-state index contributed by atoms with van der Waals surface area (Å²) in [4.78, 5) is 28.9. The van der Waals surface area contributed by atoms with Crippen molar-refractivity contribution in [3.05, 3.63) is 89.0 Å². The first kappa shape index (κ1) is 32.5. The molecule has 3 aromatic carbocycles. The van der Waals surface area contributed by atoms with Gasteiger partial charge < -0.3 is 14.7 Å². The van der Waals surface area contributed by atoms with Gasteiger partial charge in [-0.25, -0.2) is 9.18 Å². The van der Waals surface area contributed by atoms with Crippen molar-refractivity contribution in [2.75, 3.05) is 33.3 Å². The maximum Gasteiger partial charge on any atom is 0.416 e. The lowest BCUT2D eigenvalue weighted by Gasteiger charge is -2.38. The summed E-state index contributed by atoms with van der Waals surface area (Å²) >= 11 is 0. The minimum absolute atomic E-state index is 0.0316. The Morgan fingerprint density at radius 3 is 2.09 bits per heavy atom. The van der Waals surface area contributed by atoms with Gasteiger partial charge in [0.25, 0.3) is 5.91 Å². The Hall–Kier alpha value is -3.92. The number of alkyl halides is 4. The largest absolute Gasteiger partial charge is 0.497 e. The molecule has 0 aliphatic carbocycles. The van der Waals surface area contributed by atoms with Crippen molar-refractivity contribution in [3.63, 3.8) is 0 Å². The van der Waals surface area contributed by atoms with Crippen molar-refractivity contribution < 1.29 is 37.0 Å². The van der Waals surface area contributed by atoms with Crippen molar-refractivity contribution in [2.24, 2.45) is 0 Å². The quantitative estimate of drug-likeness (QED) is 0.289. The number of rotatable bonds is 6. The van der Waals surface area contributed by atoms with Crippen molar-refractivity contribution in [1.29, 1.82) is 0 Å². The zero-order chi connectivity index (χ0) is 32.7. The predicted octanol–water partition coefficient (Wildman–Crippen LogP) is 7.39. The van der Waals surface area contributed by atoms with E-state index in [0.29, 0.717) is 41.8 Å². The minimum atomic E-state index is -4.55. The molecule has 5 rings (SSSR count). The fraction of sp³-hybridized carbons (Fsp3) is 0.429. The molecular weight excluding hydrogens is 588 g/mol. The van der Waals surface area contributed by atoms with E-state index in [-0.39, 0.29) is 36.7 Å². The number of halogens is 4. The Morgan fingerprint density at radius 1 is 0.933 bits per heavy atom. The number of methoxy groups -OCH3 is 1. The zero-order valence-electron chi connectivity index (χ0n) is 25.8. The van der Waals surface area contributed by atoms with Gasteiger partial charge in [-0.15, -0.1) is 0 Å². The molecule has 0 bridgehead atoms. The lowest BCUT2D eigenvalue weighted by molar-refractivity contribution is -0.145. The molecule has 3 aromatic rings. The number of nitrogens with zero attached hydrogens (tertiary/aromatic N) is 2. The summed E-state index contributed by atoms with van der Waals surface area (Å²) in [5.74, 6) is -1.90. The maximum absolute atomic E-state index is 17.1. The molecule has 0 radical (unpaired) electrons. The van der Waals surface area contributed by atoms with E-state index in [4.69, 9.17) is 4.74 Å². The van der Waals surface area contributed by atoms with Crippen LogP contribution in [0.3, 0.4) is 0 Å². The number of hydrogen-bond acceptors (Lipinski definition) is 4. The van der Waals surface area contributed by atoms with Crippen molar-refractivity contribution >= 4 is 11.9 Å². The van der Waals surface area contributed by atoms with E-state index in [2.05, 4.69) is 0 Å². The van der Waals surface area contributed by atoms with E-state index in [0.717, 1.165) is 17.7 Å². The highest BCUT2D eigenvalue weighted by atomic mass is 19.4. The molecule has 2 heterocycles. The van der Waals surface area contributed by atoms with Gasteiger partial charge in [-0.05, 0) is 98.2 Å². The average molecular weight is 627 g/mol. The van der Waals surface area contributed by atoms with Gasteiger partial charge in [0.05, 0.1) is 18.2 Å². The Kier molecular flexibility index (Phi) is 8.74. The third kappa shape index (κ3) is 6.57. The molecule has 1 amide bonds. The highest BCUT2D eigenvalue weighted by molar-refractivity contribution is 5.89. The highest BCUT2D eigenvalue weighted by Gasteiger charge is 2.57. The summed E-state index contributed by atoms with van der Waals surface area (Å²) in [5, 5.41) is 9.26. The first-order valence-corrected chi connectivity index (χ1v) is 15.0. The molecule has 2 atom stereocenters. The molecular formula is C35H38F4N2O4. The van der Waals surface area contributed by atoms with Crippen molar-refractivity contribution in [1.82, 2.24) is 9.80 Å². The topological polar surface area (TPSA) is 70.1 Å². The van der Waals surface area contributed by atoms with E-state index >= 15 is 4.39 Å². The lowest BCUT2D eigenvalue weighted by atomic mass is 9.82. The number of carboxylic acids is 1.